The molecule has 1 aliphatic rings. The van der Waals surface area contributed by atoms with Crippen molar-refractivity contribution < 1.29 is 8.78 Å². The lowest BCUT2D eigenvalue weighted by Gasteiger charge is -2.34. The van der Waals surface area contributed by atoms with Gasteiger partial charge in [-0.25, -0.2) is 23.7 Å². The number of fused-ring (bicyclic) bond motifs is 1. The molecule has 2 atom stereocenters. The molecular formula is C18H17F2N7. The van der Waals surface area contributed by atoms with Crippen molar-refractivity contribution in [3.63, 3.8) is 0 Å². The van der Waals surface area contributed by atoms with Crippen molar-refractivity contribution in [1.29, 1.82) is 5.26 Å². The third kappa shape index (κ3) is 3.31. The molecule has 3 heterocycles. The van der Waals surface area contributed by atoms with Crippen LogP contribution >= 0.6 is 0 Å². The highest BCUT2D eigenvalue weighted by molar-refractivity contribution is 5.79. The zero-order valence-corrected chi connectivity index (χ0v) is 14.4. The van der Waals surface area contributed by atoms with Gasteiger partial charge in [0.15, 0.2) is 0 Å². The first-order valence-corrected chi connectivity index (χ1v) is 8.56. The fourth-order valence-corrected chi connectivity index (χ4v) is 3.26. The molecule has 2 N–H and O–H groups in total. The van der Waals surface area contributed by atoms with Gasteiger partial charge in [0.2, 0.25) is 5.95 Å². The average molecular weight is 369 g/mol. The molecule has 0 aliphatic carbocycles. The summed E-state index contributed by atoms with van der Waals surface area (Å²) in [4.78, 5) is 14.9. The number of rotatable bonds is 3. The third-order valence-corrected chi connectivity index (χ3v) is 4.68. The summed E-state index contributed by atoms with van der Waals surface area (Å²) in [6.07, 6.45) is 2.17. The first-order chi connectivity index (χ1) is 13.0. The van der Waals surface area contributed by atoms with Crippen LogP contribution in [-0.4, -0.2) is 44.8 Å². The summed E-state index contributed by atoms with van der Waals surface area (Å²) in [6, 6.07) is 5.74. The molecule has 0 radical (unpaired) electrons. The lowest BCUT2D eigenvalue weighted by atomic mass is 10.1. The van der Waals surface area contributed by atoms with Crippen molar-refractivity contribution in [3.8, 4) is 6.07 Å². The van der Waals surface area contributed by atoms with Gasteiger partial charge in [0.1, 0.15) is 23.9 Å². The second kappa shape index (κ2) is 6.89. The normalized spacial score (nSPS) is 20.0. The number of halogens is 2. The number of benzene rings is 1. The van der Waals surface area contributed by atoms with E-state index in [2.05, 4.69) is 15.0 Å². The number of anilines is 1. The number of imidazole rings is 1. The quantitative estimate of drug-likeness (QED) is 0.756. The SMILES string of the molecule is N#Cc1cnc(Cn2c(N3CC[C@@H](F)[C@H](N)C3)nc3cc(F)ccc32)nc1. The number of hydrogen-bond donors (Lipinski definition) is 1. The third-order valence-electron chi connectivity index (χ3n) is 4.68. The molecule has 9 heteroatoms. The first kappa shape index (κ1) is 17.3. The number of alkyl halides is 1. The standard InChI is InChI=1S/C18H17F2N7/c19-12-1-2-16-15(5-12)25-18(26-4-3-13(20)14(22)9-26)27(16)10-17-23-7-11(6-21)8-24-17/h1-2,5,7-8,13-14H,3-4,9-10,22H2/t13-,14-/m1/s1. The number of nitriles is 1. The van der Waals surface area contributed by atoms with Crippen molar-refractivity contribution in [2.45, 2.75) is 25.2 Å². The summed E-state index contributed by atoms with van der Waals surface area (Å²) in [6.45, 7) is 1.07. The van der Waals surface area contributed by atoms with Crippen LogP contribution in [0.5, 0.6) is 0 Å². The van der Waals surface area contributed by atoms with Crippen LogP contribution in [0.25, 0.3) is 11.0 Å². The Hall–Kier alpha value is -3.12. The number of aromatic nitrogens is 4. The first-order valence-electron chi connectivity index (χ1n) is 8.56. The Morgan fingerprint density at radius 3 is 2.78 bits per heavy atom. The van der Waals surface area contributed by atoms with Gasteiger partial charge in [-0.1, -0.05) is 0 Å². The van der Waals surface area contributed by atoms with Crippen LogP contribution in [0.3, 0.4) is 0 Å². The molecule has 1 saturated heterocycles. The van der Waals surface area contributed by atoms with E-state index in [9.17, 15) is 8.78 Å². The van der Waals surface area contributed by atoms with E-state index in [4.69, 9.17) is 11.0 Å². The van der Waals surface area contributed by atoms with E-state index in [0.29, 0.717) is 42.4 Å². The van der Waals surface area contributed by atoms with Gasteiger partial charge in [-0.05, 0) is 18.6 Å². The van der Waals surface area contributed by atoms with Crippen LogP contribution in [-0.2, 0) is 6.54 Å². The van der Waals surface area contributed by atoms with Crippen LogP contribution in [0.15, 0.2) is 30.6 Å². The Balaban J connectivity index is 1.75. The maximum atomic E-state index is 13.8. The minimum atomic E-state index is -1.04. The van der Waals surface area contributed by atoms with E-state index in [0.717, 1.165) is 5.52 Å². The molecule has 27 heavy (non-hydrogen) atoms. The van der Waals surface area contributed by atoms with E-state index in [1.54, 1.807) is 6.07 Å². The van der Waals surface area contributed by atoms with Crippen molar-refractivity contribution in [2.24, 2.45) is 5.73 Å². The summed E-state index contributed by atoms with van der Waals surface area (Å²) in [7, 11) is 0. The van der Waals surface area contributed by atoms with Gasteiger partial charge in [-0.3, -0.25) is 0 Å². The van der Waals surface area contributed by atoms with Gasteiger partial charge < -0.3 is 15.2 Å². The van der Waals surface area contributed by atoms with Crippen molar-refractivity contribution in [2.75, 3.05) is 18.0 Å². The summed E-state index contributed by atoms with van der Waals surface area (Å²) >= 11 is 0. The van der Waals surface area contributed by atoms with E-state index < -0.39 is 12.2 Å². The fraction of sp³-hybridized carbons (Fsp3) is 0.333. The van der Waals surface area contributed by atoms with E-state index >= 15 is 0 Å². The summed E-state index contributed by atoms with van der Waals surface area (Å²) in [5, 5.41) is 8.88. The second-order valence-corrected chi connectivity index (χ2v) is 6.55. The minimum Gasteiger partial charge on any atom is -0.340 e. The lowest BCUT2D eigenvalue weighted by Crippen LogP contribution is -2.50. The second-order valence-electron chi connectivity index (χ2n) is 6.55. The Morgan fingerprint density at radius 1 is 1.30 bits per heavy atom. The predicted molar refractivity (Wildman–Crippen MR) is 95.2 cm³/mol. The van der Waals surface area contributed by atoms with Crippen LogP contribution in [0.4, 0.5) is 14.7 Å². The van der Waals surface area contributed by atoms with Crippen LogP contribution in [0, 0.1) is 17.1 Å². The summed E-state index contributed by atoms with van der Waals surface area (Å²) < 4.78 is 29.3. The van der Waals surface area contributed by atoms with Crippen LogP contribution in [0.2, 0.25) is 0 Å². The zero-order valence-electron chi connectivity index (χ0n) is 14.4. The molecule has 4 rings (SSSR count). The van der Waals surface area contributed by atoms with Gasteiger partial charge >= 0.3 is 0 Å². The van der Waals surface area contributed by atoms with Gasteiger partial charge in [0, 0.05) is 31.5 Å². The van der Waals surface area contributed by atoms with Crippen LogP contribution < -0.4 is 10.6 Å². The smallest absolute Gasteiger partial charge is 0.207 e. The number of piperidine rings is 1. The Kier molecular flexibility index (Phi) is 4.41. The highest BCUT2D eigenvalue weighted by atomic mass is 19.1. The molecule has 7 nitrogen and oxygen atoms in total. The van der Waals surface area contributed by atoms with E-state index in [1.165, 1.54) is 24.5 Å². The van der Waals surface area contributed by atoms with E-state index in [-0.39, 0.29) is 12.4 Å². The summed E-state index contributed by atoms with van der Waals surface area (Å²) in [5.74, 6) is 0.682. The maximum Gasteiger partial charge on any atom is 0.207 e. The van der Waals surface area contributed by atoms with E-state index in [1.807, 2.05) is 15.5 Å². The maximum absolute atomic E-state index is 13.8. The Labute approximate surface area is 154 Å². The molecule has 0 saturated carbocycles. The Morgan fingerprint density at radius 2 is 2.07 bits per heavy atom. The molecule has 1 fully saturated rings. The molecule has 1 aliphatic heterocycles. The highest BCUT2D eigenvalue weighted by Gasteiger charge is 2.29. The number of nitrogens with two attached hydrogens (primary N) is 1. The van der Waals surface area contributed by atoms with Crippen molar-refractivity contribution in [3.05, 3.63) is 47.8 Å². The van der Waals surface area contributed by atoms with Gasteiger partial charge in [0.25, 0.3) is 0 Å². The lowest BCUT2D eigenvalue weighted by molar-refractivity contribution is 0.243. The molecule has 2 aromatic heterocycles. The molecular weight excluding hydrogens is 352 g/mol. The van der Waals surface area contributed by atoms with Gasteiger partial charge in [0.05, 0.1) is 29.2 Å². The topological polar surface area (TPSA) is 96.7 Å². The molecule has 138 valence electrons. The fourth-order valence-electron chi connectivity index (χ4n) is 3.26. The average Bonchev–Trinajstić information content (AvgIpc) is 3.02. The molecule has 0 spiro atoms. The number of nitrogens with zero attached hydrogens (tertiary/aromatic N) is 6. The summed E-state index contributed by atoms with van der Waals surface area (Å²) in [5.41, 5.74) is 7.47. The highest BCUT2D eigenvalue weighted by Crippen LogP contribution is 2.27. The molecule has 0 bridgehead atoms. The number of hydrogen-bond acceptors (Lipinski definition) is 6. The molecule has 3 aromatic rings. The van der Waals surface area contributed by atoms with Gasteiger partial charge in [-0.2, -0.15) is 5.26 Å². The molecule has 1 aromatic carbocycles. The molecule has 0 unspecified atom stereocenters. The van der Waals surface area contributed by atoms with Crippen molar-refractivity contribution >= 4 is 17.0 Å². The van der Waals surface area contributed by atoms with Gasteiger partial charge in [-0.15, -0.1) is 0 Å². The monoisotopic (exact) mass is 369 g/mol. The minimum absolute atomic E-state index is 0.286. The largest absolute Gasteiger partial charge is 0.340 e. The predicted octanol–water partition coefficient (Wildman–Crippen LogP) is 1.76. The Bertz CT molecular complexity index is 1010. The molecule has 0 amide bonds. The van der Waals surface area contributed by atoms with Crippen LogP contribution in [0.1, 0.15) is 17.8 Å². The van der Waals surface area contributed by atoms with Crippen molar-refractivity contribution in [1.82, 2.24) is 19.5 Å². The zero-order chi connectivity index (χ0) is 19.0.